The summed E-state index contributed by atoms with van der Waals surface area (Å²) in [7, 11) is 1.76. The van der Waals surface area contributed by atoms with E-state index in [2.05, 4.69) is 44.8 Å². The van der Waals surface area contributed by atoms with Crippen LogP contribution in [-0.2, 0) is 9.53 Å². The molecule has 1 aliphatic carbocycles. The molecule has 1 amide bonds. The molecular formula is C15H28N2O2. The Kier molecular flexibility index (Phi) is 3.94. The summed E-state index contributed by atoms with van der Waals surface area (Å²) < 4.78 is 5.51. The fraction of sp³-hybridized carbons (Fsp3) is 0.933. The molecule has 0 aromatic rings. The van der Waals surface area contributed by atoms with Gasteiger partial charge in [0.2, 0.25) is 5.91 Å². The number of nitrogens with zero attached hydrogens (tertiary/aromatic N) is 1. The van der Waals surface area contributed by atoms with E-state index in [1.54, 1.807) is 7.11 Å². The maximum Gasteiger partial charge on any atom is 0.241 e. The van der Waals surface area contributed by atoms with E-state index >= 15 is 0 Å². The highest BCUT2D eigenvalue weighted by atomic mass is 16.5. The molecule has 0 bridgehead atoms. The average Bonchev–Trinajstić information content (AvgIpc) is 2.66. The maximum absolute atomic E-state index is 12.7. The standard InChI is InChI=1S/C15H28N2O2/c1-7-12-16-13(9(2)3)14(18)17(12)10-8-11(19-6)15(10,4)5/h9-13,16H,7-8H2,1-6H3. The molecular weight excluding hydrogens is 240 g/mol. The highest BCUT2D eigenvalue weighted by Gasteiger charge is 2.56. The Morgan fingerprint density at radius 3 is 2.53 bits per heavy atom. The van der Waals surface area contributed by atoms with Crippen LogP contribution in [0.3, 0.4) is 0 Å². The van der Waals surface area contributed by atoms with Gasteiger partial charge in [0.15, 0.2) is 0 Å². The number of carbonyl (C=O) groups is 1. The lowest BCUT2D eigenvalue weighted by atomic mass is 9.63. The van der Waals surface area contributed by atoms with E-state index in [0.29, 0.717) is 12.0 Å². The van der Waals surface area contributed by atoms with Gasteiger partial charge in [0.05, 0.1) is 18.3 Å². The predicted molar refractivity (Wildman–Crippen MR) is 75.7 cm³/mol. The zero-order valence-corrected chi connectivity index (χ0v) is 13.1. The summed E-state index contributed by atoms with van der Waals surface area (Å²) in [5.41, 5.74) is 0.0470. The van der Waals surface area contributed by atoms with E-state index < -0.39 is 0 Å². The lowest BCUT2D eigenvalue weighted by Gasteiger charge is -2.55. The maximum atomic E-state index is 12.7. The van der Waals surface area contributed by atoms with Gasteiger partial charge in [0, 0.05) is 18.6 Å². The van der Waals surface area contributed by atoms with E-state index in [-0.39, 0.29) is 29.6 Å². The molecule has 2 fully saturated rings. The zero-order chi connectivity index (χ0) is 14.4. The summed E-state index contributed by atoms with van der Waals surface area (Å²) in [5.74, 6) is 0.613. The SMILES string of the molecule is CCC1NC(C(C)C)C(=O)N1C1CC(OC)C1(C)C. The number of nitrogens with one attached hydrogen (secondary N) is 1. The minimum atomic E-state index is -0.0256. The van der Waals surface area contributed by atoms with Crippen molar-refractivity contribution >= 4 is 5.91 Å². The minimum Gasteiger partial charge on any atom is -0.381 e. The van der Waals surface area contributed by atoms with Crippen molar-refractivity contribution in [2.75, 3.05) is 7.11 Å². The molecule has 4 heteroatoms. The molecule has 110 valence electrons. The number of ether oxygens (including phenoxy) is 1. The van der Waals surface area contributed by atoms with Crippen LogP contribution in [0.1, 0.15) is 47.5 Å². The molecule has 4 atom stereocenters. The lowest BCUT2D eigenvalue weighted by Crippen LogP contribution is -2.64. The molecule has 19 heavy (non-hydrogen) atoms. The van der Waals surface area contributed by atoms with Crippen molar-refractivity contribution in [1.82, 2.24) is 10.2 Å². The number of amides is 1. The van der Waals surface area contributed by atoms with Crippen LogP contribution in [0.5, 0.6) is 0 Å². The van der Waals surface area contributed by atoms with Crippen LogP contribution in [-0.4, -0.2) is 42.3 Å². The quantitative estimate of drug-likeness (QED) is 0.848. The van der Waals surface area contributed by atoms with Crippen molar-refractivity contribution in [1.29, 1.82) is 0 Å². The van der Waals surface area contributed by atoms with Crippen LogP contribution in [0.4, 0.5) is 0 Å². The summed E-state index contributed by atoms with van der Waals surface area (Å²) in [4.78, 5) is 14.8. The van der Waals surface area contributed by atoms with Crippen molar-refractivity contribution in [3.05, 3.63) is 0 Å². The zero-order valence-electron chi connectivity index (χ0n) is 13.1. The third-order valence-electron chi connectivity index (χ3n) is 5.03. The summed E-state index contributed by atoms with van der Waals surface area (Å²) in [6, 6.07) is 0.272. The highest BCUT2D eigenvalue weighted by Crippen LogP contribution is 2.47. The number of carbonyl (C=O) groups excluding carboxylic acids is 1. The molecule has 1 saturated heterocycles. The first-order chi connectivity index (χ1) is 8.84. The van der Waals surface area contributed by atoms with Gasteiger partial charge < -0.3 is 9.64 Å². The van der Waals surface area contributed by atoms with Gasteiger partial charge >= 0.3 is 0 Å². The molecule has 4 nitrogen and oxygen atoms in total. The largest absolute Gasteiger partial charge is 0.381 e. The van der Waals surface area contributed by atoms with Gasteiger partial charge in [0.1, 0.15) is 0 Å². The van der Waals surface area contributed by atoms with Crippen molar-refractivity contribution < 1.29 is 9.53 Å². The van der Waals surface area contributed by atoms with Crippen molar-refractivity contribution in [2.24, 2.45) is 11.3 Å². The van der Waals surface area contributed by atoms with Gasteiger partial charge in [0.25, 0.3) is 0 Å². The van der Waals surface area contributed by atoms with Gasteiger partial charge in [-0.1, -0.05) is 34.6 Å². The molecule has 0 aromatic carbocycles. The molecule has 1 aliphatic heterocycles. The number of methoxy groups -OCH3 is 1. The Bertz CT molecular complexity index is 354. The summed E-state index contributed by atoms with van der Waals surface area (Å²) >= 11 is 0. The van der Waals surface area contributed by atoms with Gasteiger partial charge in [-0.3, -0.25) is 10.1 Å². The Morgan fingerprint density at radius 2 is 2.11 bits per heavy atom. The van der Waals surface area contributed by atoms with Crippen molar-refractivity contribution in [2.45, 2.75) is 71.8 Å². The number of rotatable bonds is 4. The van der Waals surface area contributed by atoms with Crippen LogP contribution in [0, 0.1) is 11.3 Å². The summed E-state index contributed by atoms with van der Waals surface area (Å²) in [6.45, 7) is 10.8. The summed E-state index contributed by atoms with van der Waals surface area (Å²) in [6.07, 6.45) is 2.36. The lowest BCUT2D eigenvalue weighted by molar-refractivity contribution is -0.162. The van der Waals surface area contributed by atoms with E-state index in [0.717, 1.165) is 12.8 Å². The number of hydrogen-bond acceptors (Lipinski definition) is 3. The fourth-order valence-electron chi connectivity index (χ4n) is 3.57. The minimum absolute atomic E-state index is 0.0256. The fourth-order valence-corrected chi connectivity index (χ4v) is 3.57. The van der Waals surface area contributed by atoms with Crippen LogP contribution < -0.4 is 5.32 Å². The van der Waals surface area contributed by atoms with Gasteiger partial charge in [-0.05, 0) is 18.8 Å². The molecule has 0 spiro atoms. The van der Waals surface area contributed by atoms with E-state index in [9.17, 15) is 4.79 Å². The monoisotopic (exact) mass is 268 g/mol. The normalized spacial score (nSPS) is 37.8. The Balaban J connectivity index is 2.17. The van der Waals surface area contributed by atoms with Gasteiger partial charge in [-0.15, -0.1) is 0 Å². The number of hydrogen-bond donors (Lipinski definition) is 1. The summed E-state index contributed by atoms with van der Waals surface area (Å²) in [5, 5.41) is 3.50. The first kappa shape index (κ1) is 14.8. The molecule has 0 aromatic heterocycles. The van der Waals surface area contributed by atoms with Crippen LogP contribution >= 0.6 is 0 Å². The Morgan fingerprint density at radius 1 is 1.47 bits per heavy atom. The van der Waals surface area contributed by atoms with Crippen molar-refractivity contribution in [3.8, 4) is 0 Å². The van der Waals surface area contributed by atoms with Crippen molar-refractivity contribution in [3.63, 3.8) is 0 Å². The second-order valence-corrected chi connectivity index (χ2v) is 6.86. The smallest absolute Gasteiger partial charge is 0.241 e. The predicted octanol–water partition coefficient (Wildman–Crippen LogP) is 1.99. The molecule has 4 unspecified atom stereocenters. The third-order valence-corrected chi connectivity index (χ3v) is 5.03. The van der Waals surface area contributed by atoms with Crippen LogP contribution in [0.2, 0.25) is 0 Å². The average molecular weight is 268 g/mol. The molecule has 2 rings (SSSR count). The van der Waals surface area contributed by atoms with Gasteiger partial charge in [-0.25, -0.2) is 0 Å². The molecule has 1 saturated carbocycles. The second kappa shape index (κ2) is 5.06. The molecule has 2 aliphatic rings. The third kappa shape index (κ3) is 2.19. The topological polar surface area (TPSA) is 41.6 Å². The van der Waals surface area contributed by atoms with E-state index in [4.69, 9.17) is 4.74 Å². The van der Waals surface area contributed by atoms with E-state index in [1.165, 1.54) is 0 Å². The highest BCUT2D eigenvalue weighted by molar-refractivity contribution is 5.85. The Hall–Kier alpha value is -0.610. The molecule has 1 heterocycles. The second-order valence-electron chi connectivity index (χ2n) is 6.86. The first-order valence-electron chi connectivity index (χ1n) is 7.45. The van der Waals surface area contributed by atoms with E-state index in [1.807, 2.05) is 0 Å². The first-order valence-corrected chi connectivity index (χ1v) is 7.45. The van der Waals surface area contributed by atoms with Gasteiger partial charge in [-0.2, -0.15) is 0 Å². The van der Waals surface area contributed by atoms with Crippen LogP contribution in [0.25, 0.3) is 0 Å². The van der Waals surface area contributed by atoms with Crippen LogP contribution in [0.15, 0.2) is 0 Å². The Labute approximate surface area is 116 Å². The molecule has 1 N–H and O–H groups in total. The molecule has 0 radical (unpaired) electrons.